The van der Waals surface area contributed by atoms with Crippen LogP contribution in [0.2, 0.25) is 0 Å². The lowest BCUT2D eigenvalue weighted by Gasteiger charge is -1.94. The Morgan fingerprint density at radius 1 is 0.778 bits per heavy atom. The Hall–Kier alpha value is -2.03. The third-order valence-corrected chi connectivity index (χ3v) is 3.12. The van der Waals surface area contributed by atoms with Crippen LogP contribution >= 0.6 is 15.9 Å². The zero-order valence-electron chi connectivity index (χ0n) is 9.65. The maximum atomic E-state index is 8.70. The first-order valence-corrected chi connectivity index (χ1v) is 6.61. The summed E-state index contributed by atoms with van der Waals surface area (Å²) in [4.78, 5) is 0. The molecule has 0 N–H and O–H groups in total. The fourth-order valence-electron chi connectivity index (χ4n) is 1.45. The molecule has 0 unspecified atom stereocenters. The van der Waals surface area contributed by atoms with Crippen LogP contribution in [0.4, 0.5) is 0 Å². The number of rotatable bonds is 1. The Morgan fingerprint density at radius 3 is 1.67 bits per heavy atom. The maximum Gasteiger partial charge on any atom is 0.0991 e. The van der Waals surface area contributed by atoms with E-state index in [0.29, 0.717) is 5.56 Å². The van der Waals surface area contributed by atoms with Gasteiger partial charge in [-0.2, -0.15) is 5.26 Å². The van der Waals surface area contributed by atoms with E-state index in [0.717, 1.165) is 16.5 Å². The highest BCUT2D eigenvalue weighted by Gasteiger charge is 1.91. The molecule has 2 rings (SSSR count). The van der Waals surface area contributed by atoms with E-state index in [1.54, 1.807) is 12.1 Å². The van der Waals surface area contributed by atoms with E-state index in [-0.39, 0.29) is 0 Å². The molecule has 0 bridgehead atoms. The normalized spacial score (nSPS) is 9.11. The first-order chi connectivity index (χ1) is 8.81. The first kappa shape index (κ1) is 12.4. The van der Waals surface area contributed by atoms with E-state index in [9.17, 15) is 0 Å². The van der Waals surface area contributed by atoms with Crippen molar-refractivity contribution in [3.05, 3.63) is 70.8 Å². The third-order valence-electron chi connectivity index (χ3n) is 2.47. The first-order valence-electron chi connectivity index (χ1n) is 5.49. The lowest BCUT2D eigenvalue weighted by atomic mass is 10.1. The fraction of sp³-hybridized carbons (Fsp3) is 0.0625. The van der Waals surface area contributed by atoms with Gasteiger partial charge in [-0.25, -0.2) is 0 Å². The van der Waals surface area contributed by atoms with E-state index in [1.807, 2.05) is 24.3 Å². The second kappa shape index (κ2) is 6.05. The molecule has 18 heavy (non-hydrogen) atoms. The molecule has 86 valence electrons. The van der Waals surface area contributed by atoms with E-state index in [1.165, 1.54) is 5.56 Å². The van der Waals surface area contributed by atoms with Gasteiger partial charge in [-0.05, 0) is 42.0 Å². The Morgan fingerprint density at radius 2 is 1.22 bits per heavy atom. The van der Waals surface area contributed by atoms with E-state index >= 15 is 0 Å². The molecule has 0 saturated heterocycles. The van der Waals surface area contributed by atoms with Crippen LogP contribution in [0.15, 0.2) is 48.5 Å². The molecule has 2 aromatic carbocycles. The molecule has 2 aromatic rings. The molecule has 0 spiro atoms. The van der Waals surface area contributed by atoms with Gasteiger partial charge in [0.05, 0.1) is 11.6 Å². The van der Waals surface area contributed by atoms with Gasteiger partial charge in [0.15, 0.2) is 0 Å². The Kier molecular flexibility index (Phi) is 4.18. The van der Waals surface area contributed by atoms with E-state index < -0.39 is 0 Å². The monoisotopic (exact) mass is 295 g/mol. The molecule has 0 radical (unpaired) electrons. The standard InChI is InChI=1S/C16H10BrN/c17-11-15-7-3-13(4-8-15)1-2-14-5-9-16(12-18)10-6-14/h3-10H,11H2. The lowest BCUT2D eigenvalue weighted by Crippen LogP contribution is -1.79. The molecule has 0 amide bonds. The minimum absolute atomic E-state index is 0.655. The number of hydrogen-bond donors (Lipinski definition) is 0. The van der Waals surface area contributed by atoms with Crippen LogP contribution in [-0.2, 0) is 5.33 Å². The van der Waals surface area contributed by atoms with Crippen LogP contribution in [0.3, 0.4) is 0 Å². The molecule has 0 aliphatic heterocycles. The van der Waals surface area contributed by atoms with Gasteiger partial charge in [-0.3, -0.25) is 0 Å². The Bertz CT molecular complexity index is 622. The van der Waals surface area contributed by atoms with Gasteiger partial charge in [0.25, 0.3) is 0 Å². The average Bonchev–Trinajstić information content (AvgIpc) is 2.46. The van der Waals surface area contributed by atoms with Crippen molar-refractivity contribution in [1.29, 1.82) is 5.26 Å². The predicted octanol–water partition coefficient (Wildman–Crippen LogP) is 3.85. The van der Waals surface area contributed by atoms with E-state index in [4.69, 9.17) is 5.26 Å². The summed E-state index contributed by atoms with van der Waals surface area (Å²) >= 11 is 3.41. The highest BCUT2D eigenvalue weighted by atomic mass is 79.9. The topological polar surface area (TPSA) is 23.8 Å². The van der Waals surface area contributed by atoms with Gasteiger partial charge >= 0.3 is 0 Å². The van der Waals surface area contributed by atoms with Crippen molar-refractivity contribution in [2.45, 2.75) is 5.33 Å². The van der Waals surface area contributed by atoms with Crippen LogP contribution < -0.4 is 0 Å². The van der Waals surface area contributed by atoms with Gasteiger partial charge in [0, 0.05) is 16.5 Å². The number of nitrogens with zero attached hydrogens (tertiary/aromatic N) is 1. The summed E-state index contributed by atoms with van der Waals surface area (Å²) in [5.74, 6) is 6.18. The fourth-order valence-corrected chi connectivity index (χ4v) is 1.82. The Balaban J connectivity index is 2.17. The zero-order valence-corrected chi connectivity index (χ0v) is 11.2. The summed E-state index contributed by atoms with van der Waals surface area (Å²) in [6, 6.07) is 17.5. The summed E-state index contributed by atoms with van der Waals surface area (Å²) < 4.78 is 0. The molecule has 1 nitrogen and oxygen atoms in total. The summed E-state index contributed by atoms with van der Waals surface area (Å²) in [7, 11) is 0. The van der Waals surface area contributed by atoms with Crippen LogP contribution in [0.5, 0.6) is 0 Å². The van der Waals surface area contributed by atoms with Crippen molar-refractivity contribution in [2.24, 2.45) is 0 Å². The number of nitriles is 1. The summed E-state index contributed by atoms with van der Waals surface area (Å²) in [6.45, 7) is 0. The molecule has 0 aliphatic carbocycles. The van der Waals surface area contributed by atoms with E-state index in [2.05, 4.69) is 46.0 Å². The number of alkyl halides is 1. The van der Waals surface area contributed by atoms with Crippen LogP contribution in [0, 0.1) is 23.2 Å². The highest BCUT2D eigenvalue weighted by molar-refractivity contribution is 9.08. The van der Waals surface area contributed by atoms with Gasteiger partial charge < -0.3 is 0 Å². The van der Waals surface area contributed by atoms with Crippen LogP contribution in [0.1, 0.15) is 22.3 Å². The maximum absolute atomic E-state index is 8.70. The molecule has 0 saturated carbocycles. The second-order valence-corrected chi connectivity index (χ2v) is 4.33. The lowest BCUT2D eigenvalue weighted by molar-refractivity contribution is 1.43. The van der Waals surface area contributed by atoms with Crippen LogP contribution in [0.25, 0.3) is 0 Å². The smallest absolute Gasteiger partial charge is 0.0991 e. The molecule has 0 atom stereocenters. The summed E-state index contributed by atoms with van der Waals surface area (Å²) in [5, 5.41) is 9.55. The molecule has 2 heteroatoms. The van der Waals surface area contributed by atoms with Crippen LogP contribution in [-0.4, -0.2) is 0 Å². The third kappa shape index (κ3) is 3.23. The Labute approximate surface area is 115 Å². The molecule has 0 aliphatic rings. The van der Waals surface area contributed by atoms with Crippen molar-refractivity contribution in [1.82, 2.24) is 0 Å². The number of benzene rings is 2. The minimum Gasteiger partial charge on any atom is -0.192 e. The summed E-state index contributed by atoms with van der Waals surface area (Å²) in [6.07, 6.45) is 0. The predicted molar refractivity (Wildman–Crippen MR) is 76.2 cm³/mol. The van der Waals surface area contributed by atoms with Gasteiger partial charge in [0.2, 0.25) is 0 Å². The molecule has 0 heterocycles. The van der Waals surface area contributed by atoms with Crippen molar-refractivity contribution in [2.75, 3.05) is 0 Å². The largest absolute Gasteiger partial charge is 0.192 e. The van der Waals surface area contributed by atoms with Crippen molar-refractivity contribution < 1.29 is 0 Å². The minimum atomic E-state index is 0.655. The van der Waals surface area contributed by atoms with Gasteiger partial charge in [-0.1, -0.05) is 39.9 Å². The van der Waals surface area contributed by atoms with Crippen molar-refractivity contribution >= 4 is 15.9 Å². The summed E-state index contributed by atoms with van der Waals surface area (Å²) in [5.41, 5.74) is 3.80. The molecular formula is C16H10BrN. The quantitative estimate of drug-likeness (QED) is 0.579. The van der Waals surface area contributed by atoms with Gasteiger partial charge in [0.1, 0.15) is 0 Å². The number of hydrogen-bond acceptors (Lipinski definition) is 1. The van der Waals surface area contributed by atoms with Crippen molar-refractivity contribution in [3.63, 3.8) is 0 Å². The average molecular weight is 296 g/mol. The highest BCUT2D eigenvalue weighted by Crippen LogP contribution is 2.07. The van der Waals surface area contributed by atoms with Gasteiger partial charge in [-0.15, -0.1) is 0 Å². The molecular weight excluding hydrogens is 286 g/mol. The molecule has 0 fully saturated rings. The second-order valence-electron chi connectivity index (χ2n) is 3.77. The van der Waals surface area contributed by atoms with Crippen molar-refractivity contribution in [3.8, 4) is 17.9 Å². The number of halogens is 1. The molecule has 0 aromatic heterocycles. The SMILES string of the molecule is N#Cc1ccc(C#Cc2ccc(CBr)cc2)cc1. The zero-order chi connectivity index (χ0) is 12.8.